The Kier molecular flexibility index (Phi) is 4.62. The lowest BCUT2D eigenvalue weighted by atomic mass is 9.78. The molecule has 3 aliphatic rings. The van der Waals surface area contributed by atoms with E-state index >= 15 is 0 Å². The van der Waals surface area contributed by atoms with Crippen molar-refractivity contribution in [2.24, 2.45) is 5.92 Å². The molecular formula is C23H24FN3O4. The van der Waals surface area contributed by atoms with Gasteiger partial charge in [0.05, 0.1) is 25.8 Å². The van der Waals surface area contributed by atoms with E-state index in [1.165, 1.54) is 19.2 Å². The standard InChI is InChI=1S/C23H24FN3O4/c1-30-15-6-8-20(31-2)19(12-15)25-21(28)17-11-14-4-3-9-27(14)23(17)16-10-13(24)5-7-18(16)26-22(23)29/h5-8,10,12,14,17H,3-4,9,11H2,1-2H3,(H,25,28)(H,26,29)/t14-,17+,23-/m1/s1. The average Bonchev–Trinajstić information content (AvgIpc) is 3.42. The summed E-state index contributed by atoms with van der Waals surface area (Å²) in [5.41, 5.74) is 0.358. The lowest BCUT2D eigenvalue weighted by molar-refractivity contribution is -0.135. The number of amides is 2. The molecule has 0 aliphatic carbocycles. The number of nitrogens with zero attached hydrogens (tertiary/aromatic N) is 1. The van der Waals surface area contributed by atoms with Crippen LogP contribution in [0.15, 0.2) is 36.4 Å². The molecule has 31 heavy (non-hydrogen) atoms. The van der Waals surface area contributed by atoms with Crippen LogP contribution in [0.1, 0.15) is 24.8 Å². The van der Waals surface area contributed by atoms with Crippen LogP contribution in [0.5, 0.6) is 11.5 Å². The molecule has 5 rings (SSSR count). The van der Waals surface area contributed by atoms with Crippen LogP contribution < -0.4 is 20.1 Å². The molecule has 3 aliphatic heterocycles. The van der Waals surface area contributed by atoms with Gasteiger partial charge in [0.2, 0.25) is 11.8 Å². The van der Waals surface area contributed by atoms with E-state index in [4.69, 9.17) is 9.47 Å². The van der Waals surface area contributed by atoms with E-state index in [1.807, 2.05) is 0 Å². The van der Waals surface area contributed by atoms with Crippen LogP contribution in [0.25, 0.3) is 0 Å². The summed E-state index contributed by atoms with van der Waals surface area (Å²) in [6, 6.07) is 9.52. The van der Waals surface area contributed by atoms with E-state index in [1.54, 1.807) is 31.4 Å². The van der Waals surface area contributed by atoms with Crippen LogP contribution in [-0.4, -0.2) is 43.5 Å². The molecule has 7 nitrogen and oxygen atoms in total. The van der Waals surface area contributed by atoms with Gasteiger partial charge in [-0.3, -0.25) is 14.5 Å². The van der Waals surface area contributed by atoms with Crippen LogP contribution >= 0.6 is 0 Å². The van der Waals surface area contributed by atoms with Gasteiger partial charge in [0.15, 0.2) is 0 Å². The lowest BCUT2D eigenvalue weighted by Crippen LogP contribution is -2.53. The van der Waals surface area contributed by atoms with Gasteiger partial charge in [-0.2, -0.15) is 0 Å². The van der Waals surface area contributed by atoms with E-state index in [9.17, 15) is 14.0 Å². The van der Waals surface area contributed by atoms with Crippen molar-refractivity contribution in [1.82, 2.24) is 4.90 Å². The molecule has 3 heterocycles. The van der Waals surface area contributed by atoms with Gasteiger partial charge in [-0.15, -0.1) is 0 Å². The summed E-state index contributed by atoms with van der Waals surface area (Å²) in [4.78, 5) is 29.1. The minimum absolute atomic E-state index is 0.0999. The van der Waals surface area contributed by atoms with Crippen molar-refractivity contribution < 1.29 is 23.5 Å². The molecule has 2 amide bonds. The van der Waals surface area contributed by atoms with Crippen molar-refractivity contribution in [2.75, 3.05) is 31.4 Å². The fourth-order valence-corrected chi connectivity index (χ4v) is 5.53. The number of rotatable bonds is 4. The van der Waals surface area contributed by atoms with Gasteiger partial charge >= 0.3 is 0 Å². The van der Waals surface area contributed by atoms with Gasteiger partial charge in [0.1, 0.15) is 22.9 Å². The number of anilines is 2. The van der Waals surface area contributed by atoms with E-state index in [0.29, 0.717) is 41.4 Å². The first-order valence-corrected chi connectivity index (χ1v) is 10.4. The Morgan fingerprint density at radius 3 is 2.84 bits per heavy atom. The van der Waals surface area contributed by atoms with E-state index in [0.717, 1.165) is 12.8 Å². The molecule has 162 valence electrons. The molecule has 0 aromatic heterocycles. The smallest absolute Gasteiger partial charge is 0.250 e. The number of methoxy groups -OCH3 is 2. The molecule has 0 saturated carbocycles. The fourth-order valence-electron chi connectivity index (χ4n) is 5.53. The summed E-state index contributed by atoms with van der Waals surface area (Å²) in [5, 5.41) is 5.83. The third kappa shape index (κ3) is 2.81. The number of carbonyl (C=O) groups excluding carboxylic acids is 2. The average molecular weight is 425 g/mol. The zero-order chi connectivity index (χ0) is 21.8. The van der Waals surface area contributed by atoms with Crippen molar-refractivity contribution in [3.63, 3.8) is 0 Å². The summed E-state index contributed by atoms with van der Waals surface area (Å²) in [6.07, 6.45) is 2.38. The van der Waals surface area contributed by atoms with Crippen molar-refractivity contribution in [3.8, 4) is 11.5 Å². The first-order valence-electron chi connectivity index (χ1n) is 10.4. The largest absolute Gasteiger partial charge is 0.497 e. The Morgan fingerprint density at radius 1 is 1.23 bits per heavy atom. The van der Waals surface area contributed by atoms with E-state index in [2.05, 4.69) is 15.5 Å². The lowest BCUT2D eigenvalue weighted by Gasteiger charge is -2.36. The van der Waals surface area contributed by atoms with Gasteiger partial charge in [-0.05, 0) is 56.1 Å². The maximum atomic E-state index is 14.2. The normalized spacial score (nSPS) is 26.5. The molecule has 2 fully saturated rings. The second-order valence-corrected chi connectivity index (χ2v) is 8.24. The number of fused-ring (bicyclic) bond motifs is 4. The van der Waals surface area contributed by atoms with Crippen LogP contribution in [0, 0.1) is 11.7 Å². The number of ether oxygens (including phenoxy) is 2. The van der Waals surface area contributed by atoms with E-state index < -0.39 is 17.3 Å². The topological polar surface area (TPSA) is 79.9 Å². The molecule has 8 heteroatoms. The van der Waals surface area contributed by atoms with Crippen molar-refractivity contribution in [1.29, 1.82) is 0 Å². The molecule has 3 atom stereocenters. The number of hydrogen-bond acceptors (Lipinski definition) is 5. The second-order valence-electron chi connectivity index (χ2n) is 8.24. The second kappa shape index (κ2) is 7.23. The van der Waals surface area contributed by atoms with E-state index in [-0.39, 0.29) is 17.9 Å². The Morgan fingerprint density at radius 2 is 2.06 bits per heavy atom. The van der Waals surface area contributed by atoms with Crippen LogP contribution in [0.2, 0.25) is 0 Å². The highest BCUT2D eigenvalue weighted by atomic mass is 19.1. The van der Waals surface area contributed by atoms with Gasteiger partial charge in [0.25, 0.3) is 0 Å². The predicted molar refractivity (Wildman–Crippen MR) is 113 cm³/mol. The van der Waals surface area contributed by atoms with Gasteiger partial charge < -0.3 is 20.1 Å². The van der Waals surface area contributed by atoms with Crippen molar-refractivity contribution >= 4 is 23.2 Å². The minimum atomic E-state index is -1.21. The summed E-state index contributed by atoms with van der Waals surface area (Å²) in [7, 11) is 3.07. The SMILES string of the molecule is COc1ccc(OC)c(NC(=O)[C@@H]2C[C@H]3CCCN3[C@@]23C(=O)Nc2ccc(F)cc23)c1. The van der Waals surface area contributed by atoms with Crippen molar-refractivity contribution in [3.05, 3.63) is 47.8 Å². The third-order valence-electron chi connectivity index (χ3n) is 6.81. The highest BCUT2D eigenvalue weighted by Crippen LogP contribution is 2.55. The quantitative estimate of drug-likeness (QED) is 0.787. The molecule has 0 bridgehead atoms. The van der Waals surface area contributed by atoms with Crippen LogP contribution in [0.3, 0.4) is 0 Å². The summed E-state index contributed by atoms with van der Waals surface area (Å²) in [6.45, 7) is 0.695. The first kappa shape index (κ1) is 19.8. The van der Waals surface area contributed by atoms with Gasteiger partial charge in [-0.25, -0.2) is 4.39 Å². The summed E-state index contributed by atoms with van der Waals surface area (Å²) < 4.78 is 24.9. The molecule has 2 saturated heterocycles. The Balaban J connectivity index is 1.57. The maximum absolute atomic E-state index is 14.2. The zero-order valence-corrected chi connectivity index (χ0v) is 17.4. The predicted octanol–water partition coefficient (Wildman–Crippen LogP) is 3.11. The zero-order valence-electron chi connectivity index (χ0n) is 17.4. The Labute approximate surface area is 179 Å². The molecular weight excluding hydrogens is 401 g/mol. The van der Waals surface area contributed by atoms with Crippen LogP contribution in [-0.2, 0) is 15.1 Å². The maximum Gasteiger partial charge on any atom is 0.250 e. The first-order chi connectivity index (χ1) is 15.0. The molecule has 1 spiro atoms. The molecule has 0 radical (unpaired) electrons. The van der Waals surface area contributed by atoms with Gasteiger partial charge in [-0.1, -0.05) is 0 Å². The van der Waals surface area contributed by atoms with Crippen molar-refractivity contribution in [2.45, 2.75) is 30.8 Å². The molecule has 0 unspecified atom stereocenters. The fraction of sp³-hybridized carbons (Fsp3) is 0.391. The third-order valence-corrected chi connectivity index (χ3v) is 6.81. The highest BCUT2D eigenvalue weighted by molar-refractivity contribution is 6.10. The minimum Gasteiger partial charge on any atom is -0.497 e. The molecule has 2 N–H and O–H groups in total. The summed E-state index contributed by atoms with van der Waals surface area (Å²) in [5.74, 6) is -0.598. The number of hydrogen-bond donors (Lipinski definition) is 2. The highest BCUT2D eigenvalue weighted by Gasteiger charge is 2.65. The molecule has 2 aromatic carbocycles. The monoisotopic (exact) mass is 425 g/mol. The Bertz CT molecular complexity index is 1070. The number of nitrogens with one attached hydrogen (secondary N) is 2. The summed E-state index contributed by atoms with van der Waals surface area (Å²) >= 11 is 0. The van der Waals surface area contributed by atoms with Crippen LogP contribution in [0.4, 0.5) is 15.8 Å². The Hall–Kier alpha value is -3.13. The number of carbonyl (C=O) groups is 2. The van der Waals surface area contributed by atoms with Gasteiger partial charge in [0, 0.05) is 23.4 Å². The molecule has 2 aromatic rings. The number of halogens is 1. The number of benzene rings is 2.